The Labute approximate surface area is 166 Å². The molecule has 1 amide bonds. The number of amides is 1. The van der Waals surface area contributed by atoms with Crippen molar-refractivity contribution in [1.82, 2.24) is 14.6 Å². The molecule has 10 heteroatoms. The number of carbonyl (C=O) groups excluding carboxylic acids is 1. The molecule has 1 aliphatic heterocycles. The maximum absolute atomic E-state index is 13.0. The zero-order chi connectivity index (χ0) is 19.7. The van der Waals surface area contributed by atoms with E-state index in [1.165, 1.54) is 10.4 Å². The number of hydrogen-bond acceptors (Lipinski definition) is 6. The van der Waals surface area contributed by atoms with Crippen LogP contribution in [0, 0.1) is 5.92 Å². The van der Waals surface area contributed by atoms with Gasteiger partial charge in [-0.2, -0.15) is 4.31 Å². The number of benzene rings is 2. The molecule has 1 aromatic heterocycles. The summed E-state index contributed by atoms with van der Waals surface area (Å²) < 4.78 is 32.0. The van der Waals surface area contributed by atoms with E-state index in [1.54, 1.807) is 36.4 Å². The number of anilines is 1. The molecular formula is C18H17ClN4O4S. The maximum atomic E-state index is 13.0. The van der Waals surface area contributed by atoms with Gasteiger partial charge in [-0.3, -0.25) is 4.79 Å². The first-order chi connectivity index (χ1) is 13.4. The molecule has 0 radical (unpaired) electrons. The number of piperidine rings is 1. The van der Waals surface area contributed by atoms with Crippen molar-refractivity contribution in [2.45, 2.75) is 17.7 Å². The lowest BCUT2D eigenvalue weighted by Crippen LogP contribution is -2.41. The van der Waals surface area contributed by atoms with Gasteiger partial charge in [0.15, 0.2) is 5.52 Å². The predicted molar refractivity (Wildman–Crippen MR) is 103 cm³/mol. The molecular weight excluding hydrogens is 404 g/mol. The molecule has 0 atom stereocenters. The van der Waals surface area contributed by atoms with Gasteiger partial charge in [0.2, 0.25) is 15.9 Å². The topological polar surface area (TPSA) is 105 Å². The second kappa shape index (κ2) is 7.50. The van der Waals surface area contributed by atoms with Gasteiger partial charge in [0.1, 0.15) is 10.4 Å². The molecule has 8 nitrogen and oxygen atoms in total. The largest absolute Gasteiger partial charge is 0.326 e. The number of nitrogens with one attached hydrogen (secondary N) is 1. The van der Waals surface area contributed by atoms with E-state index in [9.17, 15) is 13.2 Å². The minimum Gasteiger partial charge on any atom is -0.326 e. The summed E-state index contributed by atoms with van der Waals surface area (Å²) in [5, 5.41) is 10.8. The van der Waals surface area contributed by atoms with Crippen molar-refractivity contribution in [3.8, 4) is 0 Å². The van der Waals surface area contributed by atoms with Crippen LogP contribution in [-0.4, -0.2) is 42.0 Å². The van der Waals surface area contributed by atoms with Crippen molar-refractivity contribution >= 4 is 44.3 Å². The molecule has 1 N–H and O–H groups in total. The molecule has 1 saturated heterocycles. The summed E-state index contributed by atoms with van der Waals surface area (Å²) >= 11 is 5.85. The van der Waals surface area contributed by atoms with Gasteiger partial charge in [-0.05, 0) is 59.6 Å². The summed E-state index contributed by atoms with van der Waals surface area (Å²) in [5.74, 6) is -0.381. The lowest BCUT2D eigenvalue weighted by atomic mass is 9.97. The fourth-order valence-electron chi connectivity index (χ4n) is 3.26. The van der Waals surface area contributed by atoms with Gasteiger partial charge in [-0.15, -0.1) is 0 Å². The summed E-state index contributed by atoms with van der Waals surface area (Å²) in [7, 11) is -3.75. The molecule has 0 bridgehead atoms. The van der Waals surface area contributed by atoms with Crippen LogP contribution in [0.5, 0.6) is 0 Å². The molecule has 3 aromatic rings. The van der Waals surface area contributed by atoms with Crippen LogP contribution < -0.4 is 5.32 Å². The second-order valence-electron chi connectivity index (χ2n) is 6.56. The number of sulfonamides is 1. The highest BCUT2D eigenvalue weighted by Gasteiger charge is 2.33. The number of fused-ring (bicyclic) bond motifs is 1. The fourth-order valence-corrected chi connectivity index (χ4v) is 5.00. The van der Waals surface area contributed by atoms with Crippen molar-refractivity contribution in [1.29, 1.82) is 0 Å². The van der Waals surface area contributed by atoms with E-state index in [2.05, 4.69) is 20.3 Å². The van der Waals surface area contributed by atoms with E-state index in [4.69, 9.17) is 11.6 Å². The third kappa shape index (κ3) is 3.60. The van der Waals surface area contributed by atoms with E-state index in [1.807, 2.05) is 0 Å². The van der Waals surface area contributed by atoms with Crippen LogP contribution in [0.3, 0.4) is 0 Å². The van der Waals surface area contributed by atoms with Crippen LogP contribution >= 0.6 is 11.6 Å². The van der Waals surface area contributed by atoms with Gasteiger partial charge >= 0.3 is 0 Å². The third-order valence-electron chi connectivity index (χ3n) is 4.80. The highest BCUT2D eigenvalue weighted by atomic mass is 35.5. The van der Waals surface area contributed by atoms with E-state index in [0.29, 0.717) is 29.1 Å². The Morgan fingerprint density at radius 3 is 2.54 bits per heavy atom. The number of halogens is 1. The molecule has 1 aliphatic rings. The highest BCUT2D eigenvalue weighted by Crippen LogP contribution is 2.28. The molecule has 1 fully saturated rings. The SMILES string of the molecule is O=C(Nc1ccc(Cl)cc1)C1CCN(S(=O)(=O)c2cccc3nonc23)CC1. The van der Waals surface area contributed by atoms with Crippen LogP contribution in [0.15, 0.2) is 52.0 Å². The number of aromatic nitrogens is 2. The molecule has 2 aromatic carbocycles. The van der Waals surface area contributed by atoms with Gasteiger partial charge in [-0.1, -0.05) is 17.7 Å². The quantitative estimate of drug-likeness (QED) is 0.695. The van der Waals surface area contributed by atoms with E-state index in [0.717, 1.165) is 0 Å². The van der Waals surface area contributed by atoms with E-state index in [-0.39, 0.29) is 35.3 Å². The Bertz CT molecular complexity index is 1110. The highest BCUT2D eigenvalue weighted by molar-refractivity contribution is 7.89. The van der Waals surface area contributed by atoms with Crippen molar-refractivity contribution in [2.24, 2.45) is 5.92 Å². The molecule has 0 saturated carbocycles. The van der Waals surface area contributed by atoms with Crippen LogP contribution in [0.1, 0.15) is 12.8 Å². The molecule has 0 aliphatic carbocycles. The fraction of sp³-hybridized carbons (Fsp3) is 0.278. The standard InChI is InChI=1S/C18H17ClN4O4S/c19-13-4-6-14(7-5-13)20-18(24)12-8-10-23(11-9-12)28(25,26)16-3-1-2-15-17(16)22-27-21-15/h1-7,12H,8-11H2,(H,20,24). The lowest BCUT2D eigenvalue weighted by molar-refractivity contribution is -0.120. The Kier molecular flexibility index (Phi) is 5.05. The zero-order valence-electron chi connectivity index (χ0n) is 14.7. The number of nitrogens with zero attached hydrogens (tertiary/aromatic N) is 3. The Morgan fingerprint density at radius 1 is 1.11 bits per heavy atom. The average Bonchev–Trinajstić information content (AvgIpc) is 3.18. The summed E-state index contributed by atoms with van der Waals surface area (Å²) in [6.07, 6.45) is 0.872. The summed E-state index contributed by atoms with van der Waals surface area (Å²) in [5.41, 5.74) is 1.26. The van der Waals surface area contributed by atoms with Gasteiger partial charge in [-0.25, -0.2) is 13.0 Å². The Balaban J connectivity index is 1.44. The van der Waals surface area contributed by atoms with E-state index >= 15 is 0 Å². The van der Waals surface area contributed by atoms with Crippen molar-refractivity contribution < 1.29 is 17.8 Å². The minimum atomic E-state index is -3.75. The van der Waals surface area contributed by atoms with Gasteiger partial charge in [0.25, 0.3) is 0 Å². The monoisotopic (exact) mass is 420 g/mol. The molecule has 146 valence electrons. The van der Waals surface area contributed by atoms with Crippen LogP contribution in [0.25, 0.3) is 11.0 Å². The molecule has 4 rings (SSSR count). The molecule has 0 unspecified atom stereocenters. The number of hydrogen-bond donors (Lipinski definition) is 1. The third-order valence-corrected chi connectivity index (χ3v) is 6.99. The number of carbonyl (C=O) groups is 1. The molecule has 0 spiro atoms. The summed E-state index contributed by atoms with van der Waals surface area (Å²) in [6, 6.07) is 11.6. The van der Waals surface area contributed by atoms with Gasteiger partial charge < -0.3 is 5.32 Å². The smallest absolute Gasteiger partial charge is 0.245 e. The second-order valence-corrected chi connectivity index (χ2v) is 8.91. The first-order valence-corrected chi connectivity index (χ1v) is 10.5. The molecule has 2 heterocycles. The minimum absolute atomic E-state index is 0.0651. The molecule has 28 heavy (non-hydrogen) atoms. The van der Waals surface area contributed by atoms with Crippen LogP contribution in [-0.2, 0) is 14.8 Å². The Morgan fingerprint density at radius 2 is 1.82 bits per heavy atom. The van der Waals surface area contributed by atoms with E-state index < -0.39 is 10.0 Å². The van der Waals surface area contributed by atoms with Crippen LogP contribution in [0.4, 0.5) is 5.69 Å². The zero-order valence-corrected chi connectivity index (χ0v) is 16.3. The van der Waals surface area contributed by atoms with Crippen molar-refractivity contribution in [3.05, 3.63) is 47.5 Å². The summed E-state index contributed by atoms with van der Waals surface area (Å²) in [6.45, 7) is 0.505. The first-order valence-electron chi connectivity index (χ1n) is 8.73. The maximum Gasteiger partial charge on any atom is 0.245 e. The van der Waals surface area contributed by atoms with Crippen molar-refractivity contribution in [3.63, 3.8) is 0 Å². The number of rotatable bonds is 4. The first kappa shape index (κ1) is 18.9. The lowest BCUT2D eigenvalue weighted by Gasteiger charge is -2.30. The van der Waals surface area contributed by atoms with Crippen molar-refractivity contribution in [2.75, 3.05) is 18.4 Å². The predicted octanol–water partition coefficient (Wildman–Crippen LogP) is 2.92. The van der Waals surface area contributed by atoms with Gasteiger partial charge in [0, 0.05) is 29.7 Å². The normalized spacial score (nSPS) is 16.3. The Hall–Kier alpha value is -2.49. The van der Waals surface area contributed by atoms with Gasteiger partial charge in [0.05, 0.1) is 0 Å². The van der Waals surface area contributed by atoms with Crippen LogP contribution in [0.2, 0.25) is 5.02 Å². The average molecular weight is 421 g/mol. The summed E-state index contributed by atoms with van der Waals surface area (Å²) in [4.78, 5) is 12.5.